The lowest BCUT2D eigenvalue weighted by Crippen LogP contribution is -2.67. The third-order valence-corrected chi connectivity index (χ3v) is 11.2. The standard InChI is InChI=1S/C22H27N3O2Si/c1-21(2,3)28(17-10-6-4-7-11-17,18-12-8-5-9-13-18)26-16-22-15-14-19(24-25-23)20(22)27-22/h4-13,19-20H,14-16H2,1-3H3/t19-,20+,22+/m1/s1. The van der Waals surface area contributed by atoms with Gasteiger partial charge in [0.05, 0.1) is 18.8 Å². The zero-order valence-electron chi connectivity index (χ0n) is 16.7. The Hall–Kier alpha value is -2.11. The summed E-state index contributed by atoms with van der Waals surface area (Å²) in [6, 6.07) is 21.2. The summed E-state index contributed by atoms with van der Waals surface area (Å²) in [6.07, 6.45) is 1.76. The predicted molar refractivity (Wildman–Crippen MR) is 113 cm³/mol. The minimum Gasteiger partial charge on any atom is -0.404 e. The summed E-state index contributed by atoms with van der Waals surface area (Å²) in [5.74, 6) is 0. The molecule has 0 amide bonds. The van der Waals surface area contributed by atoms with Gasteiger partial charge < -0.3 is 9.16 Å². The van der Waals surface area contributed by atoms with Crippen LogP contribution in [0.5, 0.6) is 0 Å². The summed E-state index contributed by atoms with van der Waals surface area (Å²) >= 11 is 0. The van der Waals surface area contributed by atoms with E-state index in [1.165, 1.54) is 10.4 Å². The molecular weight excluding hydrogens is 366 g/mol. The fraction of sp³-hybridized carbons (Fsp3) is 0.455. The monoisotopic (exact) mass is 393 g/mol. The normalized spacial score (nSPS) is 26.4. The fourth-order valence-electron chi connectivity index (χ4n) is 4.76. The second-order valence-corrected chi connectivity index (χ2v) is 13.2. The number of azide groups is 1. The fourth-order valence-corrected chi connectivity index (χ4v) is 9.37. The van der Waals surface area contributed by atoms with Crippen LogP contribution in [-0.4, -0.2) is 32.7 Å². The molecule has 0 bridgehead atoms. The predicted octanol–water partition coefficient (Wildman–Crippen LogP) is 4.17. The molecule has 3 atom stereocenters. The molecule has 4 rings (SSSR count). The molecule has 0 unspecified atom stereocenters. The molecule has 2 aromatic rings. The van der Waals surface area contributed by atoms with Gasteiger partial charge in [0.25, 0.3) is 8.32 Å². The number of fused-ring (bicyclic) bond motifs is 1. The van der Waals surface area contributed by atoms with Crippen LogP contribution in [0.25, 0.3) is 10.4 Å². The van der Waals surface area contributed by atoms with E-state index in [9.17, 15) is 0 Å². The van der Waals surface area contributed by atoms with E-state index in [1.807, 2.05) is 0 Å². The Morgan fingerprint density at radius 2 is 1.68 bits per heavy atom. The van der Waals surface area contributed by atoms with Crippen LogP contribution in [0.4, 0.5) is 0 Å². The third-order valence-electron chi connectivity index (χ3n) is 6.19. The van der Waals surface area contributed by atoms with Crippen molar-refractivity contribution in [3.05, 3.63) is 71.1 Å². The van der Waals surface area contributed by atoms with Gasteiger partial charge in [-0.1, -0.05) is 86.5 Å². The average Bonchev–Trinajstić information content (AvgIpc) is 3.31. The molecule has 146 valence electrons. The first-order valence-electron chi connectivity index (χ1n) is 9.90. The third kappa shape index (κ3) is 3.07. The van der Waals surface area contributed by atoms with Crippen molar-refractivity contribution in [3.8, 4) is 0 Å². The second kappa shape index (κ2) is 7.05. The summed E-state index contributed by atoms with van der Waals surface area (Å²) < 4.78 is 13.0. The van der Waals surface area contributed by atoms with E-state index in [0.717, 1.165) is 12.8 Å². The topological polar surface area (TPSA) is 70.5 Å². The molecule has 2 aromatic carbocycles. The zero-order chi connectivity index (χ0) is 19.8. The van der Waals surface area contributed by atoms with Crippen molar-refractivity contribution in [2.75, 3.05) is 6.61 Å². The second-order valence-electron chi connectivity index (χ2n) is 8.87. The minimum atomic E-state index is -2.56. The number of hydrogen-bond donors (Lipinski definition) is 0. The number of hydrogen-bond acceptors (Lipinski definition) is 3. The molecule has 5 nitrogen and oxygen atoms in total. The SMILES string of the molecule is CC(C)(C)[Si](OC[C@@]12CC[C@@H](N=[N+]=[N-])[C@@H]1O2)(c1ccccc1)c1ccccc1. The van der Waals surface area contributed by atoms with Crippen LogP contribution < -0.4 is 10.4 Å². The molecule has 28 heavy (non-hydrogen) atoms. The quantitative estimate of drug-likeness (QED) is 0.243. The van der Waals surface area contributed by atoms with E-state index in [0.29, 0.717) is 6.61 Å². The van der Waals surface area contributed by atoms with Gasteiger partial charge in [0.1, 0.15) is 5.60 Å². The summed E-state index contributed by atoms with van der Waals surface area (Å²) in [5.41, 5.74) is 8.50. The van der Waals surface area contributed by atoms with Crippen LogP contribution in [0.15, 0.2) is 65.8 Å². The van der Waals surface area contributed by atoms with Crippen molar-refractivity contribution in [3.63, 3.8) is 0 Å². The lowest BCUT2D eigenvalue weighted by Gasteiger charge is -2.43. The molecule has 1 saturated carbocycles. The number of benzene rings is 2. The first-order valence-corrected chi connectivity index (χ1v) is 11.8. The molecular formula is C22H27N3O2Si. The summed E-state index contributed by atoms with van der Waals surface area (Å²) in [5, 5.41) is 6.40. The van der Waals surface area contributed by atoms with Crippen molar-refractivity contribution in [2.24, 2.45) is 5.11 Å². The molecule has 2 fully saturated rings. The Morgan fingerprint density at radius 3 is 2.14 bits per heavy atom. The maximum atomic E-state index is 8.79. The van der Waals surface area contributed by atoms with Crippen molar-refractivity contribution in [1.29, 1.82) is 0 Å². The van der Waals surface area contributed by atoms with Gasteiger partial charge in [-0.15, -0.1) is 0 Å². The van der Waals surface area contributed by atoms with Gasteiger partial charge >= 0.3 is 0 Å². The molecule has 0 spiro atoms. The first-order chi connectivity index (χ1) is 13.4. The Kier molecular flexibility index (Phi) is 4.84. The van der Waals surface area contributed by atoms with Crippen LogP contribution in [0.2, 0.25) is 5.04 Å². The largest absolute Gasteiger partial charge is 0.404 e. The molecule has 2 aliphatic rings. The van der Waals surface area contributed by atoms with E-state index in [1.54, 1.807) is 0 Å². The van der Waals surface area contributed by atoms with Crippen molar-refractivity contribution >= 4 is 18.7 Å². The number of rotatable bonds is 6. The van der Waals surface area contributed by atoms with E-state index < -0.39 is 8.32 Å². The van der Waals surface area contributed by atoms with E-state index >= 15 is 0 Å². The summed E-state index contributed by atoms with van der Waals surface area (Å²) in [7, 11) is -2.56. The maximum Gasteiger partial charge on any atom is 0.261 e. The van der Waals surface area contributed by atoms with Gasteiger partial charge in [0.15, 0.2) is 0 Å². The van der Waals surface area contributed by atoms with Gasteiger partial charge in [0.2, 0.25) is 0 Å². The van der Waals surface area contributed by atoms with Gasteiger partial charge in [-0.05, 0) is 33.8 Å². The maximum absolute atomic E-state index is 8.79. The highest BCUT2D eigenvalue weighted by molar-refractivity contribution is 6.99. The van der Waals surface area contributed by atoms with E-state index in [-0.39, 0.29) is 22.8 Å². The first kappa shape index (κ1) is 19.2. The Bertz CT molecular complexity index is 838. The van der Waals surface area contributed by atoms with Crippen molar-refractivity contribution in [1.82, 2.24) is 0 Å². The lowest BCUT2D eigenvalue weighted by atomic mass is 10.1. The van der Waals surface area contributed by atoms with Crippen LogP contribution in [0.1, 0.15) is 33.6 Å². The average molecular weight is 394 g/mol. The molecule has 0 N–H and O–H groups in total. The Labute approximate surface area is 167 Å². The molecule has 1 saturated heterocycles. The van der Waals surface area contributed by atoms with Crippen LogP contribution >= 0.6 is 0 Å². The highest BCUT2D eigenvalue weighted by Crippen LogP contribution is 2.52. The highest BCUT2D eigenvalue weighted by Gasteiger charge is 2.65. The lowest BCUT2D eigenvalue weighted by molar-refractivity contribution is 0.161. The molecule has 1 heterocycles. The Balaban J connectivity index is 1.71. The highest BCUT2D eigenvalue weighted by atomic mass is 28.4. The van der Waals surface area contributed by atoms with Crippen LogP contribution in [0, 0.1) is 0 Å². The number of nitrogens with zero attached hydrogens (tertiary/aromatic N) is 3. The van der Waals surface area contributed by atoms with Gasteiger partial charge in [-0.2, -0.15) is 0 Å². The Morgan fingerprint density at radius 1 is 1.11 bits per heavy atom. The zero-order valence-corrected chi connectivity index (χ0v) is 17.7. The summed E-state index contributed by atoms with van der Waals surface area (Å²) in [4.78, 5) is 2.98. The minimum absolute atomic E-state index is 0.00150. The van der Waals surface area contributed by atoms with Gasteiger partial charge in [-0.25, -0.2) is 0 Å². The molecule has 1 aliphatic heterocycles. The van der Waals surface area contributed by atoms with Gasteiger partial charge in [-0.3, -0.25) is 0 Å². The van der Waals surface area contributed by atoms with Crippen molar-refractivity contribution < 1.29 is 9.16 Å². The van der Waals surface area contributed by atoms with Crippen LogP contribution in [-0.2, 0) is 9.16 Å². The summed E-state index contributed by atoms with van der Waals surface area (Å²) in [6.45, 7) is 7.38. The smallest absolute Gasteiger partial charge is 0.261 e. The number of ether oxygens (including phenoxy) is 1. The molecule has 6 heteroatoms. The van der Waals surface area contributed by atoms with Crippen LogP contribution in [0.3, 0.4) is 0 Å². The number of epoxide rings is 1. The van der Waals surface area contributed by atoms with Gasteiger partial charge in [0, 0.05) is 4.91 Å². The van der Waals surface area contributed by atoms with E-state index in [2.05, 4.69) is 91.5 Å². The van der Waals surface area contributed by atoms with Crippen molar-refractivity contribution in [2.45, 2.75) is 56.4 Å². The molecule has 0 aromatic heterocycles. The molecule has 1 aliphatic carbocycles. The molecule has 0 radical (unpaired) electrons. The van der Waals surface area contributed by atoms with E-state index in [4.69, 9.17) is 14.7 Å².